The van der Waals surface area contributed by atoms with E-state index >= 15 is 0 Å². The van der Waals surface area contributed by atoms with Crippen molar-refractivity contribution >= 4 is 0 Å². The van der Waals surface area contributed by atoms with Gasteiger partial charge in [0.1, 0.15) is 0 Å². The molecule has 0 radical (unpaired) electrons. The number of ether oxygens (including phenoxy) is 3. The van der Waals surface area contributed by atoms with Crippen LogP contribution in [0.5, 0.6) is 17.2 Å². The fraction of sp³-hybridized carbons (Fsp3) is 0.467. The molecule has 0 aromatic heterocycles. The van der Waals surface area contributed by atoms with Crippen LogP contribution in [0.3, 0.4) is 0 Å². The smallest absolute Gasteiger partial charge is 0.203 e. The van der Waals surface area contributed by atoms with Crippen molar-refractivity contribution in [2.45, 2.75) is 13.0 Å². The van der Waals surface area contributed by atoms with E-state index in [-0.39, 0.29) is 0 Å². The third kappa shape index (κ3) is 3.20. The summed E-state index contributed by atoms with van der Waals surface area (Å²) in [6.45, 7) is 2.98. The molecule has 4 heteroatoms. The average molecular weight is 263 g/mol. The number of methoxy groups -OCH3 is 3. The summed E-state index contributed by atoms with van der Waals surface area (Å²) in [7, 11) is 4.91. The summed E-state index contributed by atoms with van der Waals surface area (Å²) in [5.41, 5.74) is 1.17. The van der Waals surface area contributed by atoms with Gasteiger partial charge in [0.25, 0.3) is 0 Å². The monoisotopic (exact) mass is 263 g/mol. The number of hydrogen-bond acceptors (Lipinski definition) is 4. The molecule has 0 bridgehead atoms. The fourth-order valence-electron chi connectivity index (χ4n) is 2.32. The molecule has 1 aliphatic heterocycles. The van der Waals surface area contributed by atoms with Crippen LogP contribution >= 0.6 is 0 Å². The highest BCUT2D eigenvalue weighted by atomic mass is 16.5. The van der Waals surface area contributed by atoms with E-state index in [4.69, 9.17) is 14.2 Å². The molecular formula is C15H21NO3. The lowest BCUT2D eigenvalue weighted by Gasteiger charge is -2.23. The highest BCUT2D eigenvalue weighted by molar-refractivity contribution is 5.53. The molecule has 2 rings (SSSR count). The number of benzene rings is 1. The minimum Gasteiger partial charge on any atom is -0.493 e. The predicted octanol–water partition coefficient (Wildman–Crippen LogP) is 2.47. The van der Waals surface area contributed by atoms with Gasteiger partial charge in [-0.15, -0.1) is 0 Å². The first kappa shape index (κ1) is 13.7. The Morgan fingerprint density at radius 2 is 1.68 bits per heavy atom. The van der Waals surface area contributed by atoms with Crippen LogP contribution in [0.15, 0.2) is 24.3 Å². The Bertz CT molecular complexity index is 432. The standard InChI is InChI=1S/C15H21NO3/c1-17-13-9-12(10-14(18-2)15(13)19-3)11-16-7-5-4-6-8-16/h4-5,9-10H,6-8,11H2,1-3H3. The van der Waals surface area contributed by atoms with Crippen molar-refractivity contribution in [1.82, 2.24) is 4.90 Å². The molecule has 0 N–H and O–H groups in total. The molecule has 19 heavy (non-hydrogen) atoms. The summed E-state index contributed by atoms with van der Waals surface area (Å²) >= 11 is 0. The second kappa shape index (κ2) is 6.48. The van der Waals surface area contributed by atoms with E-state index in [1.165, 1.54) is 5.56 Å². The van der Waals surface area contributed by atoms with E-state index in [1.54, 1.807) is 21.3 Å². The van der Waals surface area contributed by atoms with Gasteiger partial charge in [-0.3, -0.25) is 4.90 Å². The van der Waals surface area contributed by atoms with Crippen LogP contribution in [0.4, 0.5) is 0 Å². The van der Waals surface area contributed by atoms with Gasteiger partial charge in [0.05, 0.1) is 21.3 Å². The molecule has 1 aromatic carbocycles. The van der Waals surface area contributed by atoms with E-state index in [0.29, 0.717) is 17.2 Å². The average Bonchev–Trinajstić information content (AvgIpc) is 2.47. The van der Waals surface area contributed by atoms with Crippen LogP contribution < -0.4 is 14.2 Å². The van der Waals surface area contributed by atoms with E-state index in [2.05, 4.69) is 17.1 Å². The van der Waals surface area contributed by atoms with Crippen molar-refractivity contribution in [3.63, 3.8) is 0 Å². The van der Waals surface area contributed by atoms with Gasteiger partial charge in [0.15, 0.2) is 11.5 Å². The summed E-state index contributed by atoms with van der Waals surface area (Å²) in [5.74, 6) is 2.07. The summed E-state index contributed by atoms with van der Waals surface area (Å²) in [6.07, 6.45) is 5.55. The summed E-state index contributed by atoms with van der Waals surface area (Å²) < 4.78 is 16.1. The van der Waals surface area contributed by atoms with Crippen molar-refractivity contribution in [1.29, 1.82) is 0 Å². The molecule has 0 spiro atoms. The Hall–Kier alpha value is -1.68. The Kier molecular flexibility index (Phi) is 4.68. The van der Waals surface area contributed by atoms with Crippen molar-refractivity contribution in [3.05, 3.63) is 29.8 Å². The Labute approximate surface area is 114 Å². The normalized spacial score (nSPS) is 15.3. The van der Waals surface area contributed by atoms with Crippen LogP contribution in [0.2, 0.25) is 0 Å². The molecule has 0 fully saturated rings. The van der Waals surface area contributed by atoms with Crippen molar-refractivity contribution in [2.75, 3.05) is 34.4 Å². The molecule has 1 aliphatic rings. The first-order valence-electron chi connectivity index (χ1n) is 6.44. The molecule has 1 heterocycles. The Balaban J connectivity index is 2.22. The van der Waals surface area contributed by atoms with Gasteiger partial charge < -0.3 is 14.2 Å². The van der Waals surface area contributed by atoms with E-state index in [0.717, 1.165) is 26.1 Å². The summed E-state index contributed by atoms with van der Waals surface area (Å²) in [4.78, 5) is 2.39. The maximum Gasteiger partial charge on any atom is 0.203 e. The minimum absolute atomic E-state index is 0.646. The molecule has 0 aliphatic carbocycles. The topological polar surface area (TPSA) is 30.9 Å². The van der Waals surface area contributed by atoms with Gasteiger partial charge in [-0.25, -0.2) is 0 Å². The van der Waals surface area contributed by atoms with Crippen LogP contribution in [-0.2, 0) is 6.54 Å². The zero-order valence-corrected chi connectivity index (χ0v) is 11.8. The zero-order chi connectivity index (χ0) is 13.7. The second-order valence-electron chi connectivity index (χ2n) is 4.53. The third-order valence-electron chi connectivity index (χ3n) is 3.27. The number of rotatable bonds is 5. The highest BCUT2D eigenvalue weighted by Gasteiger charge is 2.15. The predicted molar refractivity (Wildman–Crippen MR) is 75.1 cm³/mol. The van der Waals surface area contributed by atoms with Crippen molar-refractivity contribution < 1.29 is 14.2 Å². The lowest BCUT2D eigenvalue weighted by molar-refractivity contribution is 0.287. The maximum atomic E-state index is 5.37. The number of nitrogens with zero attached hydrogens (tertiary/aromatic N) is 1. The van der Waals surface area contributed by atoms with E-state index < -0.39 is 0 Å². The molecule has 0 amide bonds. The Morgan fingerprint density at radius 3 is 2.16 bits per heavy atom. The second-order valence-corrected chi connectivity index (χ2v) is 4.53. The first-order valence-corrected chi connectivity index (χ1v) is 6.44. The van der Waals surface area contributed by atoms with Crippen molar-refractivity contribution in [2.24, 2.45) is 0 Å². The van der Waals surface area contributed by atoms with Crippen LogP contribution in [-0.4, -0.2) is 39.3 Å². The molecule has 0 unspecified atom stereocenters. The van der Waals surface area contributed by atoms with Gasteiger partial charge in [0, 0.05) is 19.6 Å². The van der Waals surface area contributed by atoms with Crippen LogP contribution in [0.25, 0.3) is 0 Å². The molecular weight excluding hydrogens is 242 g/mol. The number of hydrogen-bond donors (Lipinski definition) is 0. The third-order valence-corrected chi connectivity index (χ3v) is 3.27. The van der Waals surface area contributed by atoms with Gasteiger partial charge in [-0.1, -0.05) is 12.2 Å². The zero-order valence-electron chi connectivity index (χ0n) is 11.8. The van der Waals surface area contributed by atoms with E-state index in [9.17, 15) is 0 Å². The molecule has 0 saturated heterocycles. The quantitative estimate of drug-likeness (QED) is 0.764. The largest absolute Gasteiger partial charge is 0.493 e. The Morgan fingerprint density at radius 1 is 1.00 bits per heavy atom. The molecule has 104 valence electrons. The minimum atomic E-state index is 0.646. The molecule has 0 saturated carbocycles. The van der Waals surface area contributed by atoms with Gasteiger partial charge in [-0.05, 0) is 24.1 Å². The molecule has 4 nitrogen and oxygen atoms in total. The summed E-state index contributed by atoms with van der Waals surface area (Å²) in [6, 6.07) is 4.03. The molecule has 0 atom stereocenters. The lowest BCUT2D eigenvalue weighted by atomic mass is 10.1. The summed E-state index contributed by atoms with van der Waals surface area (Å²) in [5, 5.41) is 0. The fourth-order valence-corrected chi connectivity index (χ4v) is 2.32. The van der Waals surface area contributed by atoms with Gasteiger partial charge >= 0.3 is 0 Å². The van der Waals surface area contributed by atoms with Gasteiger partial charge in [0.2, 0.25) is 5.75 Å². The molecule has 1 aromatic rings. The SMILES string of the molecule is COc1cc(CN2CC=CCC2)cc(OC)c1OC. The van der Waals surface area contributed by atoms with Crippen LogP contribution in [0.1, 0.15) is 12.0 Å². The lowest BCUT2D eigenvalue weighted by Crippen LogP contribution is -2.26. The van der Waals surface area contributed by atoms with Crippen LogP contribution in [0, 0.1) is 0 Å². The highest BCUT2D eigenvalue weighted by Crippen LogP contribution is 2.38. The van der Waals surface area contributed by atoms with Gasteiger partial charge in [-0.2, -0.15) is 0 Å². The first-order chi connectivity index (χ1) is 9.28. The van der Waals surface area contributed by atoms with E-state index in [1.807, 2.05) is 12.1 Å². The maximum absolute atomic E-state index is 5.37. The van der Waals surface area contributed by atoms with Crippen molar-refractivity contribution in [3.8, 4) is 17.2 Å².